The van der Waals surface area contributed by atoms with Crippen LogP contribution in [0.5, 0.6) is 0 Å². The van der Waals surface area contributed by atoms with Crippen LogP contribution in [-0.2, 0) is 4.74 Å². The van der Waals surface area contributed by atoms with Crippen LogP contribution >= 0.6 is 0 Å². The molecule has 0 radical (unpaired) electrons. The third-order valence-corrected chi connectivity index (χ3v) is 3.70. The van der Waals surface area contributed by atoms with E-state index in [0.717, 1.165) is 37.2 Å². The number of likely N-dealkylation sites (N-methyl/N-ethyl adjacent to an activating group) is 1. The van der Waals surface area contributed by atoms with Crippen molar-refractivity contribution in [2.75, 3.05) is 24.6 Å². The summed E-state index contributed by atoms with van der Waals surface area (Å²) in [6.45, 7) is 6.95. The summed E-state index contributed by atoms with van der Waals surface area (Å²) in [6.07, 6.45) is 2.68. The molecule has 0 bridgehead atoms. The fraction of sp³-hybridized carbons (Fsp3) is 0.533. The molecule has 1 aliphatic rings. The van der Waals surface area contributed by atoms with Gasteiger partial charge in [0.15, 0.2) is 0 Å². The Hall–Kier alpha value is -1.55. The van der Waals surface area contributed by atoms with E-state index in [1.165, 1.54) is 12.1 Å². The van der Waals surface area contributed by atoms with Crippen LogP contribution in [0.2, 0.25) is 0 Å². The molecule has 0 amide bonds. The first kappa shape index (κ1) is 13.9. The zero-order valence-corrected chi connectivity index (χ0v) is 11.8. The fourth-order valence-corrected chi connectivity index (χ4v) is 2.60. The summed E-state index contributed by atoms with van der Waals surface area (Å²) >= 11 is 0. The molecule has 4 nitrogen and oxygen atoms in total. The first-order valence-electron chi connectivity index (χ1n) is 6.93. The van der Waals surface area contributed by atoms with E-state index in [9.17, 15) is 0 Å². The zero-order chi connectivity index (χ0) is 13.8. The summed E-state index contributed by atoms with van der Waals surface area (Å²) in [6, 6.07) is 6.09. The number of hydrogen-bond donors (Lipinski definition) is 2. The molecule has 3 N–H and O–H groups in total. The molecule has 4 heteroatoms. The second-order valence-corrected chi connectivity index (χ2v) is 5.09. The van der Waals surface area contributed by atoms with E-state index in [-0.39, 0.29) is 5.84 Å². The van der Waals surface area contributed by atoms with Gasteiger partial charge in [0.2, 0.25) is 0 Å². The molecule has 0 aliphatic carbocycles. The maximum Gasteiger partial charge on any atom is 0.123 e. The standard InChI is InChI=1S/C15H23N3O/c1-3-18(10-13-5-4-8-19-13)12-6-7-14(15(16)17)11(2)9-12/h6-7,9,13H,3-5,8,10H2,1-2H3,(H3,16,17). The highest BCUT2D eigenvalue weighted by molar-refractivity contribution is 5.96. The second kappa shape index (κ2) is 6.06. The summed E-state index contributed by atoms with van der Waals surface area (Å²) in [5.74, 6) is 0.131. The van der Waals surface area contributed by atoms with Crippen molar-refractivity contribution in [1.82, 2.24) is 0 Å². The Kier molecular flexibility index (Phi) is 4.43. The first-order chi connectivity index (χ1) is 9.11. The molecule has 1 atom stereocenters. The Balaban J connectivity index is 2.13. The van der Waals surface area contributed by atoms with Gasteiger partial charge in [0, 0.05) is 30.9 Å². The van der Waals surface area contributed by atoms with Crippen LogP contribution in [0.1, 0.15) is 30.9 Å². The van der Waals surface area contributed by atoms with Crippen LogP contribution in [0.3, 0.4) is 0 Å². The second-order valence-electron chi connectivity index (χ2n) is 5.09. The van der Waals surface area contributed by atoms with Crippen molar-refractivity contribution in [2.24, 2.45) is 5.73 Å². The van der Waals surface area contributed by atoms with Gasteiger partial charge >= 0.3 is 0 Å². The molecule has 104 valence electrons. The minimum atomic E-state index is 0.131. The summed E-state index contributed by atoms with van der Waals surface area (Å²) in [4.78, 5) is 2.33. The minimum absolute atomic E-state index is 0.131. The van der Waals surface area contributed by atoms with Crippen LogP contribution in [0, 0.1) is 12.3 Å². The number of benzene rings is 1. The molecule has 2 rings (SSSR count). The SMILES string of the molecule is CCN(CC1CCCO1)c1ccc(C(=N)N)c(C)c1. The quantitative estimate of drug-likeness (QED) is 0.631. The summed E-state index contributed by atoms with van der Waals surface area (Å²) in [5, 5.41) is 7.52. The molecule has 1 unspecified atom stereocenters. The van der Waals surface area contributed by atoms with Crippen molar-refractivity contribution < 1.29 is 4.74 Å². The van der Waals surface area contributed by atoms with Crippen molar-refractivity contribution in [3.63, 3.8) is 0 Å². The fourth-order valence-electron chi connectivity index (χ4n) is 2.60. The number of hydrogen-bond acceptors (Lipinski definition) is 3. The molecular weight excluding hydrogens is 238 g/mol. The lowest BCUT2D eigenvalue weighted by Gasteiger charge is -2.26. The highest BCUT2D eigenvalue weighted by Crippen LogP contribution is 2.21. The molecule has 0 spiro atoms. The van der Waals surface area contributed by atoms with E-state index in [2.05, 4.69) is 17.9 Å². The van der Waals surface area contributed by atoms with E-state index in [1.807, 2.05) is 19.1 Å². The molecule has 1 fully saturated rings. The summed E-state index contributed by atoms with van der Waals surface area (Å²) in [7, 11) is 0. The smallest absolute Gasteiger partial charge is 0.123 e. The van der Waals surface area contributed by atoms with E-state index in [1.54, 1.807) is 0 Å². The third kappa shape index (κ3) is 3.26. The molecule has 1 aromatic carbocycles. The molecule has 1 heterocycles. The average molecular weight is 261 g/mol. The van der Waals surface area contributed by atoms with Gasteiger partial charge in [-0.3, -0.25) is 5.41 Å². The van der Waals surface area contributed by atoms with Gasteiger partial charge in [-0.25, -0.2) is 0 Å². The van der Waals surface area contributed by atoms with E-state index >= 15 is 0 Å². The van der Waals surface area contributed by atoms with Crippen LogP contribution in [0.4, 0.5) is 5.69 Å². The van der Waals surface area contributed by atoms with Gasteiger partial charge in [-0.05, 0) is 50.5 Å². The number of amidine groups is 1. The highest BCUT2D eigenvalue weighted by Gasteiger charge is 2.19. The number of ether oxygens (including phenoxy) is 1. The van der Waals surface area contributed by atoms with Crippen molar-refractivity contribution >= 4 is 11.5 Å². The Morgan fingerprint density at radius 3 is 2.84 bits per heavy atom. The topological polar surface area (TPSA) is 62.3 Å². The molecule has 1 aliphatic heterocycles. The Morgan fingerprint density at radius 2 is 2.32 bits per heavy atom. The lowest BCUT2D eigenvalue weighted by atomic mass is 10.1. The van der Waals surface area contributed by atoms with Gasteiger partial charge in [0.1, 0.15) is 5.84 Å². The molecule has 0 saturated carbocycles. The van der Waals surface area contributed by atoms with Crippen LogP contribution < -0.4 is 10.6 Å². The Labute approximate surface area is 115 Å². The monoisotopic (exact) mass is 261 g/mol. The van der Waals surface area contributed by atoms with E-state index in [4.69, 9.17) is 15.9 Å². The van der Waals surface area contributed by atoms with E-state index < -0.39 is 0 Å². The van der Waals surface area contributed by atoms with Crippen LogP contribution in [0.25, 0.3) is 0 Å². The lowest BCUT2D eigenvalue weighted by molar-refractivity contribution is 0.115. The minimum Gasteiger partial charge on any atom is -0.384 e. The Bertz CT molecular complexity index is 453. The number of nitrogens with one attached hydrogen (secondary N) is 1. The van der Waals surface area contributed by atoms with Crippen molar-refractivity contribution in [3.05, 3.63) is 29.3 Å². The number of nitrogen functional groups attached to an aromatic ring is 1. The maximum absolute atomic E-state index is 7.52. The molecule has 1 saturated heterocycles. The predicted molar refractivity (Wildman–Crippen MR) is 79.1 cm³/mol. The molecule has 0 aromatic heterocycles. The highest BCUT2D eigenvalue weighted by atomic mass is 16.5. The van der Waals surface area contributed by atoms with Gasteiger partial charge in [-0.1, -0.05) is 0 Å². The van der Waals surface area contributed by atoms with Gasteiger partial charge < -0.3 is 15.4 Å². The van der Waals surface area contributed by atoms with Gasteiger partial charge in [0.25, 0.3) is 0 Å². The number of nitrogens with zero attached hydrogens (tertiary/aromatic N) is 1. The maximum atomic E-state index is 7.52. The van der Waals surface area contributed by atoms with Crippen molar-refractivity contribution in [3.8, 4) is 0 Å². The molecular formula is C15H23N3O. The summed E-state index contributed by atoms with van der Waals surface area (Å²) in [5.41, 5.74) is 8.60. The number of rotatable bonds is 5. The summed E-state index contributed by atoms with van der Waals surface area (Å²) < 4.78 is 5.70. The van der Waals surface area contributed by atoms with Gasteiger partial charge in [-0.15, -0.1) is 0 Å². The molecule has 19 heavy (non-hydrogen) atoms. The third-order valence-electron chi connectivity index (χ3n) is 3.70. The molecule has 1 aromatic rings. The van der Waals surface area contributed by atoms with Crippen LogP contribution in [-0.4, -0.2) is 31.6 Å². The predicted octanol–water partition coefficient (Wildman–Crippen LogP) is 2.28. The van der Waals surface area contributed by atoms with Gasteiger partial charge in [0.05, 0.1) is 6.10 Å². The number of nitrogens with two attached hydrogens (primary N) is 1. The average Bonchev–Trinajstić information content (AvgIpc) is 2.88. The normalized spacial score (nSPS) is 18.5. The lowest BCUT2D eigenvalue weighted by Crippen LogP contribution is -2.32. The Morgan fingerprint density at radius 1 is 1.53 bits per heavy atom. The van der Waals surface area contributed by atoms with Crippen LogP contribution in [0.15, 0.2) is 18.2 Å². The van der Waals surface area contributed by atoms with E-state index in [0.29, 0.717) is 6.10 Å². The van der Waals surface area contributed by atoms with Gasteiger partial charge in [-0.2, -0.15) is 0 Å². The largest absolute Gasteiger partial charge is 0.384 e. The zero-order valence-electron chi connectivity index (χ0n) is 11.8. The first-order valence-corrected chi connectivity index (χ1v) is 6.93. The van der Waals surface area contributed by atoms with Crippen molar-refractivity contribution in [2.45, 2.75) is 32.8 Å². The number of anilines is 1. The number of aryl methyl sites for hydroxylation is 1. The van der Waals surface area contributed by atoms with Crippen molar-refractivity contribution in [1.29, 1.82) is 5.41 Å².